The van der Waals surface area contributed by atoms with Crippen molar-refractivity contribution in [1.29, 1.82) is 0 Å². The first-order chi connectivity index (χ1) is 6.86. The van der Waals surface area contributed by atoms with Gasteiger partial charge in [0, 0.05) is 6.04 Å². The van der Waals surface area contributed by atoms with Crippen molar-refractivity contribution in [2.75, 3.05) is 6.54 Å². The van der Waals surface area contributed by atoms with Crippen LogP contribution in [0.2, 0.25) is 0 Å². The average Bonchev–Trinajstić information content (AvgIpc) is 2.98. The van der Waals surface area contributed by atoms with Crippen LogP contribution in [-0.2, 0) is 0 Å². The summed E-state index contributed by atoms with van der Waals surface area (Å²) >= 11 is 0. The summed E-state index contributed by atoms with van der Waals surface area (Å²) < 4.78 is 0. The van der Waals surface area contributed by atoms with Gasteiger partial charge in [-0.1, -0.05) is 46.0 Å². The van der Waals surface area contributed by atoms with Gasteiger partial charge in [-0.3, -0.25) is 0 Å². The van der Waals surface area contributed by atoms with E-state index in [0.717, 1.165) is 12.0 Å². The lowest BCUT2D eigenvalue weighted by atomic mass is 10.1. The van der Waals surface area contributed by atoms with Crippen molar-refractivity contribution in [2.45, 2.75) is 71.3 Å². The lowest BCUT2D eigenvalue weighted by molar-refractivity contribution is 0.426. The Balaban J connectivity index is 1.99. The van der Waals surface area contributed by atoms with E-state index >= 15 is 0 Å². The van der Waals surface area contributed by atoms with Crippen LogP contribution in [0.3, 0.4) is 0 Å². The van der Waals surface area contributed by atoms with Gasteiger partial charge in [0.05, 0.1) is 0 Å². The molecule has 1 unspecified atom stereocenters. The van der Waals surface area contributed by atoms with Gasteiger partial charge in [-0.05, 0) is 31.7 Å². The van der Waals surface area contributed by atoms with Crippen LogP contribution in [0, 0.1) is 5.92 Å². The van der Waals surface area contributed by atoms with E-state index in [4.69, 9.17) is 0 Å². The van der Waals surface area contributed by atoms with Crippen LogP contribution in [-0.4, -0.2) is 12.6 Å². The van der Waals surface area contributed by atoms with Gasteiger partial charge in [0.25, 0.3) is 0 Å². The standard InChI is InChI=1S/C13H27N/c1-3-5-7-13(6-4-2)14-11-10-12-8-9-12/h12-14H,3-11H2,1-2H3. The molecule has 1 aliphatic carbocycles. The maximum atomic E-state index is 3.73. The second-order valence-electron chi connectivity index (χ2n) is 4.81. The Morgan fingerprint density at radius 3 is 2.50 bits per heavy atom. The SMILES string of the molecule is CCCCC(CCC)NCCC1CC1. The quantitative estimate of drug-likeness (QED) is 0.594. The maximum Gasteiger partial charge on any atom is 0.00669 e. The van der Waals surface area contributed by atoms with E-state index < -0.39 is 0 Å². The fraction of sp³-hybridized carbons (Fsp3) is 1.00. The van der Waals surface area contributed by atoms with Gasteiger partial charge in [0.1, 0.15) is 0 Å². The number of unbranched alkanes of at least 4 members (excludes halogenated alkanes) is 1. The molecule has 1 N–H and O–H groups in total. The summed E-state index contributed by atoms with van der Waals surface area (Å²) in [6.07, 6.45) is 11.2. The van der Waals surface area contributed by atoms with Crippen LogP contribution in [0.5, 0.6) is 0 Å². The third-order valence-electron chi connectivity index (χ3n) is 3.23. The molecule has 0 radical (unpaired) electrons. The summed E-state index contributed by atoms with van der Waals surface area (Å²) in [7, 11) is 0. The summed E-state index contributed by atoms with van der Waals surface area (Å²) in [6.45, 7) is 5.84. The fourth-order valence-electron chi connectivity index (χ4n) is 2.05. The minimum Gasteiger partial charge on any atom is -0.314 e. The van der Waals surface area contributed by atoms with Gasteiger partial charge in [0.2, 0.25) is 0 Å². The molecule has 0 aromatic rings. The van der Waals surface area contributed by atoms with Gasteiger partial charge in [-0.25, -0.2) is 0 Å². The second kappa shape index (κ2) is 7.28. The molecule has 84 valence electrons. The van der Waals surface area contributed by atoms with E-state index in [9.17, 15) is 0 Å². The van der Waals surface area contributed by atoms with Gasteiger partial charge >= 0.3 is 0 Å². The first kappa shape index (κ1) is 12.0. The van der Waals surface area contributed by atoms with Crippen LogP contribution in [0.4, 0.5) is 0 Å². The van der Waals surface area contributed by atoms with Crippen molar-refractivity contribution >= 4 is 0 Å². The zero-order valence-electron chi connectivity index (χ0n) is 10.0. The van der Waals surface area contributed by atoms with Crippen LogP contribution < -0.4 is 5.32 Å². The summed E-state index contributed by atoms with van der Waals surface area (Å²) in [5.74, 6) is 1.08. The Labute approximate surface area is 89.7 Å². The zero-order chi connectivity index (χ0) is 10.2. The molecule has 0 aliphatic heterocycles. The normalized spacial score (nSPS) is 18.4. The third kappa shape index (κ3) is 5.64. The first-order valence-electron chi connectivity index (χ1n) is 6.60. The molecule has 1 saturated carbocycles. The van der Waals surface area contributed by atoms with Crippen molar-refractivity contribution in [3.8, 4) is 0 Å². The summed E-state index contributed by atoms with van der Waals surface area (Å²) in [5.41, 5.74) is 0. The van der Waals surface area contributed by atoms with E-state index in [1.165, 1.54) is 57.9 Å². The van der Waals surface area contributed by atoms with E-state index in [1.807, 2.05) is 0 Å². The Hall–Kier alpha value is -0.0400. The number of hydrogen-bond acceptors (Lipinski definition) is 1. The van der Waals surface area contributed by atoms with Gasteiger partial charge in [0.15, 0.2) is 0 Å². The minimum atomic E-state index is 0.804. The molecular weight excluding hydrogens is 170 g/mol. The monoisotopic (exact) mass is 197 g/mol. The molecule has 1 aliphatic rings. The molecule has 1 rings (SSSR count). The van der Waals surface area contributed by atoms with Crippen molar-refractivity contribution in [3.63, 3.8) is 0 Å². The fourth-order valence-corrected chi connectivity index (χ4v) is 2.05. The van der Waals surface area contributed by atoms with Gasteiger partial charge in [-0.15, -0.1) is 0 Å². The first-order valence-corrected chi connectivity index (χ1v) is 6.60. The van der Waals surface area contributed by atoms with E-state index in [1.54, 1.807) is 0 Å². The molecular formula is C13H27N. The molecule has 14 heavy (non-hydrogen) atoms. The highest BCUT2D eigenvalue weighted by atomic mass is 14.9. The average molecular weight is 197 g/mol. The molecule has 1 heteroatoms. The van der Waals surface area contributed by atoms with Crippen molar-refractivity contribution < 1.29 is 0 Å². The molecule has 0 spiro atoms. The third-order valence-corrected chi connectivity index (χ3v) is 3.23. The van der Waals surface area contributed by atoms with Crippen LogP contribution in [0.25, 0.3) is 0 Å². The van der Waals surface area contributed by atoms with E-state index in [2.05, 4.69) is 19.2 Å². The molecule has 0 amide bonds. The molecule has 0 heterocycles. The molecule has 1 nitrogen and oxygen atoms in total. The summed E-state index contributed by atoms with van der Waals surface area (Å²) in [6, 6.07) is 0.804. The zero-order valence-corrected chi connectivity index (χ0v) is 10.0. The molecule has 0 aromatic heterocycles. The largest absolute Gasteiger partial charge is 0.314 e. The maximum absolute atomic E-state index is 3.73. The number of rotatable bonds is 9. The Morgan fingerprint density at radius 2 is 1.93 bits per heavy atom. The molecule has 1 fully saturated rings. The topological polar surface area (TPSA) is 12.0 Å². The van der Waals surface area contributed by atoms with Crippen molar-refractivity contribution in [2.24, 2.45) is 5.92 Å². The predicted octanol–water partition coefficient (Wildman–Crippen LogP) is 3.74. The van der Waals surface area contributed by atoms with E-state index in [0.29, 0.717) is 0 Å². The number of hydrogen-bond donors (Lipinski definition) is 1. The number of nitrogens with one attached hydrogen (secondary N) is 1. The molecule has 1 atom stereocenters. The van der Waals surface area contributed by atoms with Crippen molar-refractivity contribution in [1.82, 2.24) is 5.32 Å². The Kier molecular flexibility index (Phi) is 6.25. The highest BCUT2D eigenvalue weighted by Gasteiger charge is 2.20. The molecule has 0 aromatic carbocycles. The molecule has 0 bridgehead atoms. The van der Waals surface area contributed by atoms with Gasteiger partial charge < -0.3 is 5.32 Å². The predicted molar refractivity (Wildman–Crippen MR) is 63.6 cm³/mol. The van der Waals surface area contributed by atoms with Crippen LogP contribution in [0.1, 0.15) is 65.2 Å². The summed E-state index contributed by atoms with van der Waals surface area (Å²) in [4.78, 5) is 0. The van der Waals surface area contributed by atoms with Gasteiger partial charge in [-0.2, -0.15) is 0 Å². The van der Waals surface area contributed by atoms with Crippen LogP contribution in [0.15, 0.2) is 0 Å². The van der Waals surface area contributed by atoms with Crippen molar-refractivity contribution in [3.05, 3.63) is 0 Å². The highest BCUT2D eigenvalue weighted by Crippen LogP contribution is 2.31. The Bertz CT molecular complexity index is 129. The lowest BCUT2D eigenvalue weighted by Crippen LogP contribution is -2.30. The minimum absolute atomic E-state index is 0.804. The second-order valence-corrected chi connectivity index (χ2v) is 4.81. The Morgan fingerprint density at radius 1 is 1.14 bits per heavy atom. The van der Waals surface area contributed by atoms with E-state index in [-0.39, 0.29) is 0 Å². The smallest absolute Gasteiger partial charge is 0.00669 e. The summed E-state index contributed by atoms with van der Waals surface area (Å²) in [5, 5.41) is 3.73. The highest BCUT2D eigenvalue weighted by molar-refractivity contribution is 4.75. The van der Waals surface area contributed by atoms with Crippen LogP contribution >= 0.6 is 0 Å². The lowest BCUT2D eigenvalue weighted by Gasteiger charge is -2.17. The molecule has 0 saturated heterocycles.